The van der Waals surface area contributed by atoms with E-state index < -0.39 is 0 Å². The number of likely N-dealkylation sites (tertiary alicyclic amines) is 1. The van der Waals surface area contributed by atoms with Crippen molar-refractivity contribution in [1.82, 2.24) is 10.2 Å². The van der Waals surface area contributed by atoms with Gasteiger partial charge in [-0.05, 0) is 13.1 Å². The summed E-state index contributed by atoms with van der Waals surface area (Å²) in [5.74, 6) is 0.0638. The summed E-state index contributed by atoms with van der Waals surface area (Å²) in [5.41, 5.74) is 7.66. The van der Waals surface area contributed by atoms with Gasteiger partial charge in [-0.3, -0.25) is 4.79 Å². The third-order valence-corrected chi connectivity index (χ3v) is 3.95. The fourth-order valence-corrected chi connectivity index (χ4v) is 2.34. The number of ether oxygens (including phenoxy) is 3. The zero-order valence-corrected chi connectivity index (χ0v) is 18.6. The predicted molar refractivity (Wildman–Crippen MR) is 94.1 cm³/mol. The molecule has 1 rings (SSSR count). The van der Waals surface area contributed by atoms with Crippen molar-refractivity contribution in [3.63, 3.8) is 0 Å². The maximum atomic E-state index is 11.3. The molecule has 0 aliphatic carbocycles. The molecule has 1 heterocycles. The second kappa shape index (κ2) is 16.5. The Hall–Kier alpha value is 0.374. The van der Waals surface area contributed by atoms with E-state index in [0.717, 1.165) is 39.1 Å². The molecule has 0 atom stereocenters. The van der Waals surface area contributed by atoms with E-state index in [2.05, 4.69) is 10.2 Å². The Morgan fingerprint density at radius 2 is 1.56 bits per heavy atom. The van der Waals surface area contributed by atoms with E-state index in [4.69, 9.17) is 19.9 Å². The van der Waals surface area contributed by atoms with Crippen LogP contribution in [0.4, 0.5) is 0 Å². The van der Waals surface area contributed by atoms with Crippen LogP contribution in [0.1, 0.15) is 26.7 Å². The molecule has 0 saturated carbocycles. The molecule has 0 aromatic heterocycles. The topological polar surface area (TPSA) is 83.8 Å². The molecule has 1 saturated heterocycles. The van der Waals surface area contributed by atoms with Crippen molar-refractivity contribution in [1.29, 1.82) is 0 Å². The first kappa shape index (κ1) is 25.4. The van der Waals surface area contributed by atoms with E-state index in [0.29, 0.717) is 39.6 Å². The molecular formula is C17H34N3O4Y-. The van der Waals surface area contributed by atoms with Gasteiger partial charge in [0.2, 0.25) is 5.91 Å². The second-order valence-electron chi connectivity index (χ2n) is 6.40. The van der Waals surface area contributed by atoms with Crippen molar-refractivity contribution in [3.05, 3.63) is 5.73 Å². The van der Waals surface area contributed by atoms with Crippen LogP contribution in [-0.4, -0.2) is 82.7 Å². The van der Waals surface area contributed by atoms with Gasteiger partial charge < -0.3 is 30.2 Å². The number of carbonyl (C=O) groups excluding carboxylic acids is 1. The molecule has 7 nitrogen and oxygen atoms in total. The Bertz CT molecular complexity index is 327. The van der Waals surface area contributed by atoms with Crippen LogP contribution < -0.4 is 5.32 Å². The number of piperidine rings is 1. The number of rotatable bonds is 13. The van der Waals surface area contributed by atoms with Gasteiger partial charge in [-0.2, -0.15) is 0 Å². The molecule has 8 heteroatoms. The number of nitrogens with zero attached hydrogens (tertiary/aromatic N) is 1. The number of hydrogen-bond acceptors (Lipinski definition) is 5. The molecule has 145 valence electrons. The summed E-state index contributed by atoms with van der Waals surface area (Å²) >= 11 is 0. The molecule has 2 N–H and O–H groups in total. The Balaban J connectivity index is 0.00000576. The zero-order valence-electron chi connectivity index (χ0n) is 15.8. The average molecular weight is 433 g/mol. The molecular weight excluding hydrogens is 399 g/mol. The van der Waals surface area contributed by atoms with Gasteiger partial charge in [-0.1, -0.05) is 26.7 Å². The minimum atomic E-state index is 0. The van der Waals surface area contributed by atoms with E-state index in [1.807, 2.05) is 13.8 Å². The van der Waals surface area contributed by atoms with Crippen molar-refractivity contribution in [2.24, 2.45) is 5.92 Å². The molecule has 0 bridgehead atoms. The standard InChI is InChI=1S/C17H34N3O4.Y/c1-15(2)17(21)19-5-9-22-11-13-24-14-12-23-10-8-20-6-3-16(18)4-7-20;/h15-16,18H,3-14H2,1-2H3,(H,19,21);/q-1;. The summed E-state index contributed by atoms with van der Waals surface area (Å²) in [4.78, 5) is 13.7. The van der Waals surface area contributed by atoms with E-state index in [-0.39, 0.29) is 50.6 Å². The van der Waals surface area contributed by atoms with Gasteiger partial charge in [0.05, 0.1) is 39.6 Å². The van der Waals surface area contributed by atoms with Gasteiger partial charge >= 0.3 is 0 Å². The number of carbonyl (C=O) groups is 1. The predicted octanol–water partition coefficient (Wildman–Crippen LogP) is 1.32. The Labute approximate surface area is 177 Å². The number of amides is 1. The van der Waals surface area contributed by atoms with Crippen LogP contribution in [0.25, 0.3) is 5.73 Å². The van der Waals surface area contributed by atoms with Crippen LogP contribution >= 0.6 is 0 Å². The molecule has 25 heavy (non-hydrogen) atoms. The van der Waals surface area contributed by atoms with E-state index >= 15 is 0 Å². The van der Waals surface area contributed by atoms with Gasteiger partial charge in [-0.15, -0.1) is 6.04 Å². The van der Waals surface area contributed by atoms with E-state index in [1.165, 1.54) is 0 Å². The second-order valence-corrected chi connectivity index (χ2v) is 6.40. The van der Waals surface area contributed by atoms with Gasteiger partial charge in [0, 0.05) is 51.7 Å². The van der Waals surface area contributed by atoms with Crippen molar-refractivity contribution < 1.29 is 51.7 Å². The molecule has 1 radical (unpaired) electrons. The molecule has 0 unspecified atom stereocenters. The first-order chi connectivity index (χ1) is 11.6. The Morgan fingerprint density at radius 1 is 1.04 bits per heavy atom. The monoisotopic (exact) mass is 433 g/mol. The van der Waals surface area contributed by atoms with E-state index in [1.54, 1.807) is 0 Å². The summed E-state index contributed by atoms with van der Waals surface area (Å²) < 4.78 is 16.4. The van der Waals surface area contributed by atoms with Crippen LogP contribution in [0.15, 0.2) is 0 Å². The fourth-order valence-electron chi connectivity index (χ4n) is 2.34. The van der Waals surface area contributed by atoms with Crippen LogP contribution in [-0.2, 0) is 51.7 Å². The summed E-state index contributed by atoms with van der Waals surface area (Å²) in [6.07, 6.45) is 1.95. The molecule has 0 aromatic rings. The van der Waals surface area contributed by atoms with Gasteiger partial charge in [0.15, 0.2) is 0 Å². The summed E-state index contributed by atoms with van der Waals surface area (Å²) in [7, 11) is 0. The molecule has 1 aliphatic rings. The van der Waals surface area contributed by atoms with Gasteiger partial charge in [-0.25, -0.2) is 0 Å². The SMILES string of the molecule is CC(C)C(=O)NCCOCCOCCOCCN1CCC([NH-])CC1.[Y]. The van der Waals surface area contributed by atoms with Gasteiger partial charge in [0.1, 0.15) is 0 Å². The minimum absolute atomic E-state index is 0. The van der Waals surface area contributed by atoms with Crippen LogP contribution in [0, 0.1) is 5.92 Å². The summed E-state index contributed by atoms with van der Waals surface area (Å²) in [6, 6.07) is 0.129. The van der Waals surface area contributed by atoms with Crippen LogP contribution in [0.3, 0.4) is 0 Å². The smallest absolute Gasteiger partial charge is 0.222 e. The van der Waals surface area contributed by atoms with Gasteiger partial charge in [0.25, 0.3) is 0 Å². The normalized spacial score (nSPS) is 16.0. The molecule has 0 aromatic carbocycles. The van der Waals surface area contributed by atoms with Crippen molar-refractivity contribution in [2.75, 3.05) is 65.8 Å². The third kappa shape index (κ3) is 14.1. The van der Waals surface area contributed by atoms with Crippen molar-refractivity contribution >= 4 is 5.91 Å². The maximum absolute atomic E-state index is 11.3. The summed E-state index contributed by atoms with van der Waals surface area (Å²) in [5, 5.41) is 2.80. The first-order valence-corrected chi connectivity index (χ1v) is 9.04. The minimum Gasteiger partial charge on any atom is -0.675 e. The van der Waals surface area contributed by atoms with Crippen molar-refractivity contribution in [2.45, 2.75) is 32.7 Å². The molecule has 0 spiro atoms. The largest absolute Gasteiger partial charge is 0.675 e. The molecule has 1 fully saturated rings. The Morgan fingerprint density at radius 3 is 2.12 bits per heavy atom. The maximum Gasteiger partial charge on any atom is 0.222 e. The van der Waals surface area contributed by atoms with Crippen LogP contribution in [0.5, 0.6) is 0 Å². The third-order valence-electron chi connectivity index (χ3n) is 3.95. The van der Waals surface area contributed by atoms with Crippen LogP contribution in [0.2, 0.25) is 0 Å². The first-order valence-electron chi connectivity index (χ1n) is 9.04. The average Bonchev–Trinajstić information content (AvgIpc) is 2.57. The van der Waals surface area contributed by atoms with E-state index in [9.17, 15) is 4.79 Å². The Kier molecular flexibility index (Phi) is 16.8. The number of hydrogen-bond donors (Lipinski definition) is 1. The number of nitrogens with one attached hydrogen (secondary N) is 2. The summed E-state index contributed by atoms with van der Waals surface area (Å²) in [6.45, 7) is 10.7. The quantitative estimate of drug-likeness (QED) is 0.443. The fraction of sp³-hybridized carbons (Fsp3) is 0.941. The molecule has 1 amide bonds. The zero-order chi connectivity index (χ0) is 17.6. The molecule has 1 aliphatic heterocycles. The van der Waals surface area contributed by atoms with Crippen molar-refractivity contribution in [3.8, 4) is 0 Å².